The Bertz CT molecular complexity index is 995. The van der Waals surface area contributed by atoms with Gasteiger partial charge in [0, 0.05) is 42.3 Å². The standard InChI is InChI=1S/C22H24FN5O/c23-14-9-7-13(8-10-14)17-18-15(5-4-6-16(18)29)25-21-19(17)20(24)26-22(27-21)28-11-2-1-3-12-28/h7-10,17H,1-6,11-12H2,(H3,24,25,26,27)/t17-/m0/s1. The summed E-state index contributed by atoms with van der Waals surface area (Å²) in [7, 11) is 0. The highest BCUT2D eigenvalue weighted by Crippen LogP contribution is 2.47. The van der Waals surface area contributed by atoms with Crippen LogP contribution in [-0.2, 0) is 4.79 Å². The summed E-state index contributed by atoms with van der Waals surface area (Å²) < 4.78 is 13.6. The van der Waals surface area contributed by atoms with Crippen molar-refractivity contribution in [2.24, 2.45) is 0 Å². The number of hydrogen-bond donors (Lipinski definition) is 2. The van der Waals surface area contributed by atoms with Gasteiger partial charge in [-0.15, -0.1) is 0 Å². The molecule has 3 heterocycles. The van der Waals surface area contributed by atoms with Gasteiger partial charge in [0.25, 0.3) is 0 Å². The van der Waals surface area contributed by atoms with Gasteiger partial charge in [0.2, 0.25) is 5.95 Å². The molecular formula is C22H24FN5O. The number of halogens is 1. The fourth-order valence-electron chi connectivity index (χ4n) is 4.69. The highest BCUT2D eigenvalue weighted by atomic mass is 19.1. The first-order chi connectivity index (χ1) is 14.1. The van der Waals surface area contributed by atoms with Crippen molar-refractivity contribution >= 4 is 23.4 Å². The van der Waals surface area contributed by atoms with Gasteiger partial charge >= 0.3 is 0 Å². The number of anilines is 3. The molecule has 0 radical (unpaired) electrons. The molecule has 1 fully saturated rings. The Balaban J connectivity index is 1.65. The monoisotopic (exact) mass is 393 g/mol. The van der Waals surface area contributed by atoms with Crippen molar-refractivity contribution < 1.29 is 9.18 Å². The molecule has 1 saturated heterocycles. The van der Waals surface area contributed by atoms with E-state index in [1.807, 2.05) is 0 Å². The summed E-state index contributed by atoms with van der Waals surface area (Å²) in [6.45, 7) is 1.85. The maximum Gasteiger partial charge on any atom is 0.229 e. The summed E-state index contributed by atoms with van der Waals surface area (Å²) in [5, 5.41) is 3.39. The second kappa shape index (κ2) is 7.13. The third kappa shape index (κ3) is 3.14. The maximum absolute atomic E-state index is 13.6. The molecule has 7 heteroatoms. The molecule has 1 aliphatic carbocycles. The second-order valence-electron chi connectivity index (χ2n) is 8.00. The summed E-state index contributed by atoms with van der Waals surface area (Å²) in [6, 6.07) is 6.28. The first-order valence-corrected chi connectivity index (χ1v) is 10.3. The van der Waals surface area contributed by atoms with Crippen LogP contribution in [0, 0.1) is 5.82 Å². The molecule has 3 aliphatic rings. The fraction of sp³-hybridized carbons (Fsp3) is 0.409. The van der Waals surface area contributed by atoms with E-state index in [0.29, 0.717) is 29.6 Å². The van der Waals surface area contributed by atoms with Gasteiger partial charge in [-0.1, -0.05) is 12.1 Å². The van der Waals surface area contributed by atoms with Gasteiger partial charge in [-0.25, -0.2) is 4.39 Å². The number of hydrogen-bond acceptors (Lipinski definition) is 6. The van der Waals surface area contributed by atoms with Gasteiger partial charge in [0.1, 0.15) is 17.5 Å². The largest absolute Gasteiger partial charge is 0.383 e. The molecule has 29 heavy (non-hydrogen) atoms. The number of allylic oxidation sites excluding steroid dienone is 2. The molecular weight excluding hydrogens is 369 g/mol. The number of benzene rings is 1. The highest BCUT2D eigenvalue weighted by molar-refractivity contribution is 6.01. The molecule has 0 bridgehead atoms. The lowest BCUT2D eigenvalue weighted by Gasteiger charge is -2.35. The summed E-state index contributed by atoms with van der Waals surface area (Å²) in [5.41, 5.74) is 9.62. The van der Waals surface area contributed by atoms with Crippen LogP contribution in [-0.4, -0.2) is 28.8 Å². The molecule has 0 saturated carbocycles. The number of nitrogen functional groups attached to an aromatic ring is 1. The van der Waals surface area contributed by atoms with E-state index in [-0.39, 0.29) is 17.5 Å². The van der Waals surface area contributed by atoms with Gasteiger partial charge in [-0.3, -0.25) is 4.79 Å². The molecule has 1 aromatic heterocycles. The molecule has 5 rings (SSSR count). The number of ketones is 1. The summed E-state index contributed by atoms with van der Waals surface area (Å²) in [5.74, 6) is 1.11. The van der Waals surface area contributed by atoms with Gasteiger partial charge in [0.05, 0.1) is 0 Å². The Hall–Kier alpha value is -2.96. The third-order valence-electron chi connectivity index (χ3n) is 6.11. The van der Waals surface area contributed by atoms with Crippen LogP contribution in [0.15, 0.2) is 35.5 Å². The van der Waals surface area contributed by atoms with Crippen LogP contribution < -0.4 is 16.0 Å². The average Bonchev–Trinajstić information content (AvgIpc) is 2.74. The SMILES string of the molecule is Nc1nc(N2CCCCC2)nc2c1[C@@H](c1ccc(F)cc1)C1=C(CCCC1=O)N2. The number of nitrogens with one attached hydrogen (secondary N) is 1. The topological polar surface area (TPSA) is 84.1 Å². The van der Waals surface area contributed by atoms with Crippen LogP contribution in [0.1, 0.15) is 55.6 Å². The van der Waals surface area contributed by atoms with Crippen LogP contribution in [0.2, 0.25) is 0 Å². The average molecular weight is 393 g/mol. The van der Waals surface area contributed by atoms with E-state index in [9.17, 15) is 9.18 Å². The predicted octanol–water partition coefficient (Wildman–Crippen LogP) is 3.75. The molecule has 150 valence electrons. The smallest absolute Gasteiger partial charge is 0.229 e. The van der Waals surface area contributed by atoms with Crippen LogP contribution in [0.3, 0.4) is 0 Å². The zero-order valence-corrected chi connectivity index (χ0v) is 16.2. The van der Waals surface area contributed by atoms with Crippen molar-refractivity contribution in [1.82, 2.24) is 9.97 Å². The molecule has 0 unspecified atom stereocenters. The fourth-order valence-corrected chi connectivity index (χ4v) is 4.69. The Labute approximate surface area is 169 Å². The van der Waals surface area contributed by atoms with Crippen molar-refractivity contribution in [1.29, 1.82) is 0 Å². The first kappa shape index (κ1) is 18.1. The molecule has 1 atom stereocenters. The highest BCUT2D eigenvalue weighted by Gasteiger charge is 2.38. The Morgan fingerprint density at radius 2 is 1.79 bits per heavy atom. The van der Waals surface area contributed by atoms with Crippen molar-refractivity contribution in [2.45, 2.75) is 44.4 Å². The van der Waals surface area contributed by atoms with Crippen molar-refractivity contribution in [3.8, 4) is 0 Å². The lowest BCUT2D eigenvalue weighted by Crippen LogP contribution is -2.33. The second-order valence-corrected chi connectivity index (χ2v) is 8.00. The maximum atomic E-state index is 13.6. The van der Waals surface area contributed by atoms with Crippen LogP contribution in [0.25, 0.3) is 0 Å². The van der Waals surface area contributed by atoms with Crippen molar-refractivity contribution in [3.05, 3.63) is 52.5 Å². The van der Waals surface area contributed by atoms with E-state index < -0.39 is 0 Å². The number of aromatic nitrogens is 2. The molecule has 0 amide bonds. The van der Waals surface area contributed by atoms with Crippen LogP contribution >= 0.6 is 0 Å². The van der Waals surface area contributed by atoms with Gasteiger partial charge in [-0.2, -0.15) is 9.97 Å². The number of nitrogens with two attached hydrogens (primary N) is 1. The first-order valence-electron chi connectivity index (χ1n) is 10.3. The molecule has 1 aromatic carbocycles. The van der Waals surface area contributed by atoms with Crippen molar-refractivity contribution in [3.63, 3.8) is 0 Å². The summed E-state index contributed by atoms with van der Waals surface area (Å²) in [6.07, 6.45) is 5.59. The quantitative estimate of drug-likeness (QED) is 0.808. The summed E-state index contributed by atoms with van der Waals surface area (Å²) in [4.78, 5) is 24.4. The third-order valence-corrected chi connectivity index (χ3v) is 6.11. The Morgan fingerprint density at radius 3 is 2.55 bits per heavy atom. The molecule has 2 aromatic rings. The van der Waals surface area contributed by atoms with Crippen LogP contribution in [0.5, 0.6) is 0 Å². The zero-order valence-electron chi connectivity index (χ0n) is 16.2. The van der Waals surface area contributed by atoms with Gasteiger partial charge < -0.3 is 16.0 Å². The summed E-state index contributed by atoms with van der Waals surface area (Å²) >= 11 is 0. The van der Waals surface area contributed by atoms with E-state index >= 15 is 0 Å². The minimum atomic E-state index is -0.370. The zero-order chi connectivity index (χ0) is 20.0. The van der Waals surface area contributed by atoms with E-state index in [1.165, 1.54) is 18.6 Å². The Morgan fingerprint density at radius 1 is 1.03 bits per heavy atom. The van der Waals surface area contributed by atoms with E-state index in [4.69, 9.17) is 10.7 Å². The van der Waals surface area contributed by atoms with E-state index in [0.717, 1.165) is 55.6 Å². The van der Waals surface area contributed by atoms with Gasteiger partial charge in [-0.05, 0) is 49.8 Å². The molecule has 3 N–H and O–H groups in total. The Kier molecular flexibility index (Phi) is 4.45. The molecule has 0 spiro atoms. The van der Waals surface area contributed by atoms with Crippen molar-refractivity contribution in [2.75, 3.05) is 29.0 Å². The van der Waals surface area contributed by atoms with Gasteiger partial charge in [0.15, 0.2) is 5.78 Å². The number of carbonyl (C=O) groups excluding carboxylic acids is 1. The van der Waals surface area contributed by atoms with Crippen LogP contribution in [0.4, 0.5) is 22.0 Å². The number of carbonyl (C=O) groups is 1. The normalized spacial score (nSPS) is 21.5. The minimum Gasteiger partial charge on any atom is -0.383 e. The lowest BCUT2D eigenvalue weighted by molar-refractivity contribution is -0.116. The molecule has 6 nitrogen and oxygen atoms in total. The number of nitrogens with zero attached hydrogens (tertiary/aromatic N) is 3. The molecule has 2 aliphatic heterocycles. The predicted molar refractivity (Wildman–Crippen MR) is 110 cm³/mol. The number of fused-ring (bicyclic) bond motifs is 1. The minimum absolute atomic E-state index is 0.109. The number of Topliss-reactive ketones (excluding diaryl/α,β-unsaturated/α-hetero) is 1. The van der Waals surface area contributed by atoms with E-state index in [2.05, 4.69) is 15.2 Å². The van der Waals surface area contributed by atoms with E-state index in [1.54, 1.807) is 12.1 Å². The number of piperidine rings is 1. The number of rotatable bonds is 2. The lowest BCUT2D eigenvalue weighted by atomic mass is 9.76.